The number of carboxylic acid groups (broad SMARTS) is 1. The number of hydrogen-bond acceptors (Lipinski definition) is 6. The van der Waals surface area contributed by atoms with Gasteiger partial charge in [-0.25, -0.2) is 19.6 Å². The zero-order valence-electron chi connectivity index (χ0n) is 18.9. The van der Waals surface area contributed by atoms with Crippen molar-refractivity contribution < 1.29 is 19.4 Å². The molecule has 4 rings (SSSR count). The van der Waals surface area contributed by atoms with Crippen molar-refractivity contribution in [2.75, 3.05) is 24.5 Å². The molecule has 10 heteroatoms. The van der Waals surface area contributed by atoms with Crippen molar-refractivity contribution in [1.29, 1.82) is 0 Å². The molecule has 174 valence electrons. The van der Waals surface area contributed by atoms with Crippen LogP contribution in [-0.4, -0.2) is 67.9 Å². The van der Waals surface area contributed by atoms with Crippen LogP contribution in [-0.2, 0) is 4.74 Å². The summed E-state index contributed by atoms with van der Waals surface area (Å²) in [4.78, 5) is 37.2. The third-order valence-electron chi connectivity index (χ3n) is 5.43. The number of carboxylic acids is 1. The minimum absolute atomic E-state index is 0.0994. The number of aromatic nitrogens is 3. The Kier molecular flexibility index (Phi) is 5.92. The van der Waals surface area contributed by atoms with E-state index in [9.17, 15) is 14.7 Å². The van der Waals surface area contributed by atoms with Crippen LogP contribution in [0.1, 0.15) is 38.1 Å². The van der Waals surface area contributed by atoms with Crippen LogP contribution in [0, 0.1) is 0 Å². The number of carbonyl (C=O) groups is 2. The molecule has 33 heavy (non-hydrogen) atoms. The molecule has 1 aromatic carbocycles. The number of rotatable bonds is 3. The second-order valence-electron chi connectivity index (χ2n) is 9.06. The van der Waals surface area contributed by atoms with E-state index in [1.54, 1.807) is 33.9 Å². The molecule has 1 fully saturated rings. The normalized spacial score (nSPS) is 16.8. The number of hydrogen-bond donors (Lipinski definition) is 1. The monoisotopic (exact) mass is 471 g/mol. The third kappa shape index (κ3) is 4.59. The van der Waals surface area contributed by atoms with Crippen LogP contribution in [0.3, 0.4) is 0 Å². The van der Waals surface area contributed by atoms with Crippen molar-refractivity contribution in [1.82, 2.24) is 19.4 Å². The van der Waals surface area contributed by atoms with Crippen LogP contribution in [0.5, 0.6) is 0 Å². The van der Waals surface area contributed by atoms with Gasteiger partial charge in [-0.2, -0.15) is 0 Å². The molecule has 1 atom stereocenters. The Morgan fingerprint density at radius 1 is 1.21 bits per heavy atom. The van der Waals surface area contributed by atoms with Crippen molar-refractivity contribution >= 4 is 40.5 Å². The lowest BCUT2D eigenvalue weighted by molar-refractivity contribution is 0.0218. The van der Waals surface area contributed by atoms with Crippen LogP contribution in [0.4, 0.5) is 10.6 Å². The van der Waals surface area contributed by atoms with E-state index in [0.29, 0.717) is 47.2 Å². The maximum atomic E-state index is 12.5. The van der Waals surface area contributed by atoms with Crippen molar-refractivity contribution in [3.8, 4) is 5.69 Å². The van der Waals surface area contributed by atoms with Gasteiger partial charge in [0, 0.05) is 42.6 Å². The standard InChI is InChI=1S/C23H26ClN5O4/c1-14-11-27(22(32)33-23(2,3)4)8-9-28(14)19-18-17(21(30)31)12-29(20(18)26-13-25-19)16-7-5-6-15(24)10-16/h5-7,10,12-14H,8-9,11H2,1-4H3,(H,30,31). The Bertz CT molecular complexity index is 1220. The Labute approximate surface area is 196 Å². The Morgan fingerprint density at radius 3 is 2.61 bits per heavy atom. The summed E-state index contributed by atoms with van der Waals surface area (Å²) in [5.41, 5.74) is 0.701. The molecule has 1 amide bonds. The molecule has 1 unspecified atom stereocenters. The molecule has 1 saturated heterocycles. The van der Waals surface area contributed by atoms with Crippen LogP contribution in [0.25, 0.3) is 16.7 Å². The number of fused-ring (bicyclic) bond motifs is 1. The predicted molar refractivity (Wildman–Crippen MR) is 125 cm³/mol. The van der Waals surface area contributed by atoms with Gasteiger partial charge in [-0.05, 0) is 45.9 Å². The van der Waals surface area contributed by atoms with Gasteiger partial charge in [0.15, 0.2) is 5.65 Å². The lowest BCUT2D eigenvalue weighted by atomic mass is 10.1. The quantitative estimate of drug-likeness (QED) is 0.610. The first kappa shape index (κ1) is 22.8. The number of nitrogens with zero attached hydrogens (tertiary/aromatic N) is 5. The smallest absolute Gasteiger partial charge is 0.410 e. The van der Waals surface area contributed by atoms with E-state index in [1.807, 2.05) is 38.7 Å². The minimum atomic E-state index is -1.07. The molecule has 0 saturated carbocycles. The van der Waals surface area contributed by atoms with E-state index in [2.05, 4.69) is 9.97 Å². The molecule has 3 heterocycles. The Morgan fingerprint density at radius 2 is 1.97 bits per heavy atom. The first-order valence-electron chi connectivity index (χ1n) is 10.6. The summed E-state index contributed by atoms with van der Waals surface area (Å²) < 4.78 is 7.21. The molecule has 0 bridgehead atoms. The number of amides is 1. The number of aromatic carboxylic acids is 1. The summed E-state index contributed by atoms with van der Waals surface area (Å²) in [7, 11) is 0. The van der Waals surface area contributed by atoms with Crippen LogP contribution in [0.2, 0.25) is 5.02 Å². The molecular weight excluding hydrogens is 446 g/mol. The summed E-state index contributed by atoms with van der Waals surface area (Å²) in [5, 5.41) is 10.9. The van der Waals surface area contributed by atoms with Crippen LogP contribution >= 0.6 is 11.6 Å². The molecule has 9 nitrogen and oxygen atoms in total. The summed E-state index contributed by atoms with van der Waals surface area (Å²) in [6.45, 7) is 8.81. The maximum Gasteiger partial charge on any atom is 0.410 e. The molecule has 1 aliphatic rings. The molecule has 1 aliphatic heterocycles. The molecule has 1 N–H and O–H groups in total. The van der Waals surface area contributed by atoms with Crippen LogP contribution < -0.4 is 4.90 Å². The molecular formula is C23H26ClN5O4. The van der Waals surface area contributed by atoms with Gasteiger partial charge >= 0.3 is 12.1 Å². The average Bonchev–Trinajstić information content (AvgIpc) is 3.13. The van der Waals surface area contributed by atoms with Gasteiger partial charge < -0.3 is 24.2 Å². The number of carbonyl (C=O) groups excluding carboxylic acids is 1. The molecule has 3 aromatic rings. The van der Waals surface area contributed by atoms with E-state index in [1.165, 1.54) is 6.33 Å². The highest BCUT2D eigenvalue weighted by molar-refractivity contribution is 6.30. The highest BCUT2D eigenvalue weighted by Crippen LogP contribution is 2.33. The first-order chi connectivity index (χ1) is 15.5. The molecule has 0 spiro atoms. The van der Waals surface area contributed by atoms with Gasteiger partial charge in [0.1, 0.15) is 17.7 Å². The van der Waals surface area contributed by atoms with Crippen molar-refractivity contribution in [3.63, 3.8) is 0 Å². The Balaban J connectivity index is 1.72. The summed E-state index contributed by atoms with van der Waals surface area (Å²) in [5.74, 6) is -0.550. The van der Waals surface area contributed by atoms with Gasteiger partial charge in [-0.3, -0.25) is 0 Å². The molecule has 2 aromatic heterocycles. The number of anilines is 1. The van der Waals surface area contributed by atoms with Gasteiger partial charge in [0.2, 0.25) is 0 Å². The second kappa shape index (κ2) is 8.55. The van der Waals surface area contributed by atoms with Gasteiger partial charge in [0.05, 0.1) is 10.9 Å². The maximum absolute atomic E-state index is 12.5. The third-order valence-corrected chi connectivity index (χ3v) is 5.67. The van der Waals surface area contributed by atoms with Crippen LogP contribution in [0.15, 0.2) is 36.8 Å². The van der Waals surface area contributed by atoms with Crippen molar-refractivity contribution in [3.05, 3.63) is 47.4 Å². The van der Waals surface area contributed by atoms with Crippen molar-refractivity contribution in [2.45, 2.75) is 39.3 Å². The topological polar surface area (TPSA) is 101 Å². The molecule has 0 radical (unpaired) electrons. The highest BCUT2D eigenvalue weighted by atomic mass is 35.5. The van der Waals surface area contributed by atoms with Gasteiger partial charge in [-0.1, -0.05) is 17.7 Å². The fourth-order valence-electron chi connectivity index (χ4n) is 4.01. The van der Waals surface area contributed by atoms with E-state index < -0.39 is 11.6 Å². The van der Waals surface area contributed by atoms with Crippen molar-refractivity contribution in [2.24, 2.45) is 0 Å². The molecule has 0 aliphatic carbocycles. The first-order valence-corrected chi connectivity index (χ1v) is 11.0. The van der Waals surface area contributed by atoms with Gasteiger partial charge in [-0.15, -0.1) is 0 Å². The highest BCUT2D eigenvalue weighted by Gasteiger charge is 2.32. The predicted octanol–water partition coefficient (Wildman–Crippen LogP) is 4.22. The van der Waals surface area contributed by atoms with E-state index in [0.717, 1.165) is 0 Å². The summed E-state index contributed by atoms with van der Waals surface area (Å²) in [6, 6.07) is 7.02. The van der Waals surface area contributed by atoms with E-state index in [4.69, 9.17) is 16.3 Å². The fraction of sp³-hybridized carbons (Fsp3) is 0.391. The fourth-order valence-corrected chi connectivity index (χ4v) is 4.20. The largest absolute Gasteiger partial charge is 0.478 e. The summed E-state index contributed by atoms with van der Waals surface area (Å²) >= 11 is 6.15. The van der Waals surface area contributed by atoms with E-state index in [-0.39, 0.29) is 17.7 Å². The Hall–Kier alpha value is -3.33. The number of piperazine rings is 1. The average molecular weight is 472 g/mol. The lowest BCUT2D eigenvalue weighted by Gasteiger charge is -2.41. The van der Waals surface area contributed by atoms with Gasteiger partial charge in [0.25, 0.3) is 0 Å². The zero-order valence-corrected chi connectivity index (χ0v) is 19.7. The second-order valence-corrected chi connectivity index (χ2v) is 9.50. The lowest BCUT2D eigenvalue weighted by Crippen LogP contribution is -2.54. The number of ether oxygens (including phenoxy) is 1. The number of benzene rings is 1. The van der Waals surface area contributed by atoms with E-state index >= 15 is 0 Å². The minimum Gasteiger partial charge on any atom is -0.478 e. The number of halogens is 1. The zero-order chi connectivity index (χ0) is 23.9. The summed E-state index contributed by atoms with van der Waals surface area (Å²) in [6.07, 6.45) is 2.61. The SMILES string of the molecule is CC1CN(C(=O)OC(C)(C)C)CCN1c1ncnc2c1c(C(=O)O)cn2-c1cccc(Cl)c1.